The SMILES string of the molecule is NC(N)=NCCCC(NC(=O)C1=C(c2ccc(F)cc2)C(O)c2ccc(O)cc2O1)C(=O)O. The lowest BCUT2D eigenvalue weighted by atomic mass is 9.91. The Kier molecular flexibility index (Phi) is 7.13. The fraction of sp³-hybridized carbons (Fsp3) is 0.227. The molecule has 33 heavy (non-hydrogen) atoms. The van der Waals surface area contributed by atoms with Gasteiger partial charge in [0.15, 0.2) is 11.7 Å². The highest BCUT2D eigenvalue weighted by Gasteiger charge is 2.34. The van der Waals surface area contributed by atoms with E-state index in [0.29, 0.717) is 5.56 Å². The zero-order valence-electron chi connectivity index (χ0n) is 17.4. The van der Waals surface area contributed by atoms with Crippen molar-refractivity contribution in [3.63, 3.8) is 0 Å². The number of aromatic hydroxyl groups is 1. The molecule has 0 radical (unpaired) electrons. The summed E-state index contributed by atoms with van der Waals surface area (Å²) in [4.78, 5) is 28.5. The molecule has 1 aliphatic rings. The van der Waals surface area contributed by atoms with Crippen LogP contribution in [0.5, 0.6) is 11.5 Å². The molecule has 2 aromatic rings. The largest absolute Gasteiger partial charge is 0.508 e. The highest BCUT2D eigenvalue weighted by Crippen LogP contribution is 2.43. The van der Waals surface area contributed by atoms with Gasteiger partial charge in [0, 0.05) is 23.7 Å². The molecule has 0 saturated heterocycles. The first kappa shape index (κ1) is 23.5. The third-order valence-electron chi connectivity index (χ3n) is 4.93. The molecule has 0 bridgehead atoms. The van der Waals surface area contributed by atoms with Gasteiger partial charge in [0.25, 0.3) is 5.91 Å². The van der Waals surface area contributed by atoms with E-state index in [9.17, 15) is 29.3 Å². The number of phenolic OH excluding ortho intramolecular Hbond substituents is 1. The summed E-state index contributed by atoms with van der Waals surface area (Å²) in [7, 11) is 0. The van der Waals surface area contributed by atoms with Gasteiger partial charge in [-0.25, -0.2) is 9.18 Å². The molecule has 3 rings (SSSR count). The number of halogens is 1. The number of carbonyl (C=O) groups is 2. The summed E-state index contributed by atoms with van der Waals surface area (Å²) in [5.74, 6) is -3.35. The van der Waals surface area contributed by atoms with Crippen LogP contribution in [-0.2, 0) is 9.59 Å². The smallest absolute Gasteiger partial charge is 0.326 e. The number of phenols is 1. The van der Waals surface area contributed by atoms with Crippen molar-refractivity contribution in [1.82, 2.24) is 5.32 Å². The molecule has 0 aliphatic carbocycles. The molecule has 1 amide bonds. The van der Waals surface area contributed by atoms with Crippen LogP contribution in [-0.4, -0.2) is 45.7 Å². The number of aliphatic hydroxyl groups excluding tert-OH is 1. The molecule has 0 spiro atoms. The number of carbonyl (C=O) groups excluding carboxylic acids is 1. The predicted molar refractivity (Wildman–Crippen MR) is 116 cm³/mol. The molecule has 0 aromatic heterocycles. The average Bonchev–Trinajstić information content (AvgIpc) is 2.75. The minimum atomic E-state index is -1.36. The third kappa shape index (κ3) is 5.57. The van der Waals surface area contributed by atoms with Crippen molar-refractivity contribution >= 4 is 23.4 Å². The average molecular weight is 458 g/mol. The van der Waals surface area contributed by atoms with Crippen LogP contribution >= 0.6 is 0 Å². The summed E-state index contributed by atoms with van der Waals surface area (Å²) >= 11 is 0. The van der Waals surface area contributed by atoms with Crippen molar-refractivity contribution < 1.29 is 34.0 Å². The second-order valence-electron chi connectivity index (χ2n) is 7.29. The molecule has 0 fully saturated rings. The molecule has 11 heteroatoms. The van der Waals surface area contributed by atoms with E-state index >= 15 is 0 Å². The van der Waals surface area contributed by atoms with Gasteiger partial charge in [0.2, 0.25) is 0 Å². The van der Waals surface area contributed by atoms with Gasteiger partial charge in [-0.2, -0.15) is 0 Å². The molecule has 2 aromatic carbocycles. The highest BCUT2D eigenvalue weighted by molar-refractivity contribution is 6.02. The number of nitrogens with one attached hydrogen (secondary N) is 1. The Morgan fingerprint density at radius 1 is 1.18 bits per heavy atom. The molecule has 2 unspecified atom stereocenters. The zero-order valence-corrected chi connectivity index (χ0v) is 17.4. The van der Waals surface area contributed by atoms with Crippen LogP contribution in [0.4, 0.5) is 4.39 Å². The zero-order chi connectivity index (χ0) is 24.1. The van der Waals surface area contributed by atoms with Gasteiger partial charge >= 0.3 is 5.97 Å². The fourth-order valence-electron chi connectivity index (χ4n) is 3.35. The van der Waals surface area contributed by atoms with E-state index < -0.39 is 29.8 Å². The number of guanidine groups is 1. The Labute approximate surface area is 188 Å². The fourth-order valence-corrected chi connectivity index (χ4v) is 3.35. The topological polar surface area (TPSA) is 180 Å². The molecular formula is C22H23FN4O6. The maximum Gasteiger partial charge on any atom is 0.326 e. The number of aliphatic hydroxyl groups is 1. The Balaban J connectivity index is 1.94. The van der Waals surface area contributed by atoms with Crippen LogP contribution in [0.2, 0.25) is 0 Å². The van der Waals surface area contributed by atoms with E-state index in [1.54, 1.807) is 0 Å². The van der Waals surface area contributed by atoms with Crippen LogP contribution in [0.25, 0.3) is 5.57 Å². The molecule has 174 valence electrons. The van der Waals surface area contributed by atoms with Gasteiger partial charge in [0.05, 0.1) is 0 Å². The van der Waals surface area contributed by atoms with Crippen LogP contribution in [0.1, 0.15) is 30.1 Å². The number of aliphatic carboxylic acids is 1. The molecule has 1 heterocycles. The number of hydrogen-bond acceptors (Lipinski definition) is 6. The van der Waals surface area contributed by atoms with Crippen molar-refractivity contribution in [3.8, 4) is 11.5 Å². The third-order valence-corrected chi connectivity index (χ3v) is 4.93. The summed E-state index contributed by atoms with van der Waals surface area (Å²) in [6.45, 7) is 0.174. The number of carboxylic acids is 1. The van der Waals surface area contributed by atoms with Gasteiger partial charge in [-0.3, -0.25) is 9.79 Å². The van der Waals surface area contributed by atoms with E-state index in [0.717, 1.165) is 12.1 Å². The second kappa shape index (κ2) is 10.0. The van der Waals surface area contributed by atoms with E-state index in [1.807, 2.05) is 0 Å². The van der Waals surface area contributed by atoms with E-state index in [1.165, 1.54) is 30.3 Å². The van der Waals surface area contributed by atoms with Gasteiger partial charge in [-0.1, -0.05) is 12.1 Å². The number of benzene rings is 2. The first-order chi connectivity index (χ1) is 15.7. The number of hydrogen-bond donors (Lipinski definition) is 6. The maximum atomic E-state index is 13.4. The second-order valence-corrected chi connectivity index (χ2v) is 7.29. The number of nitrogens with zero attached hydrogens (tertiary/aromatic N) is 1. The first-order valence-electron chi connectivity index (χ1n) is 9.95. The summed E-state index contributed by atoms with van der Waals surface area (Å²) < 4.78 is 19.1. The number of aliphatic imine (C=N–C) groups is 1. The van der Waals surface area contributed by atoms with Gasteiger partial charge < -0.3 is 36.8 Å². The Morgan fingerprint density at radius 3 is 2.52 bits per heavy atom. The minimum absolute atomic E-state index is 0.0235. The van der Waals surface area contributed by atoms with E-state index in [2.05, 4.69) is 10.3 Å². The van der Waals surface area contributed by atoms with Gasteiger partial charge in [-0.05, 0) is 42.7 Å². The summed E-state index contributed by atoms with van der Waals surface area (Å²) in [5, 5.41) is 32.6. The van der Waals surface area contributed by atoms with E-state index in [4.69, 9.17) is 16.2 Å². The lowest BCUT2D eigenvalue weighted by molar-refractivity contribution is -0.141. The van der Waals surface area contributed by atoms with E-state index in [-0.39, 0.29) is 53.7 Å². The number of fused-ring (bicyclic) bond motifs is 1. The summed E-state index contributed by atoms with van der Waals surface area (Å²) in [5.41, 5.74) is 11.1. The van der Waals surface area contributed by atoms with Crippen LogP contribution in [0.3, 0.4) is 0 Å². The standard InChI is InChI=1S/C22H23FN4O6/c23-12-5-3-11(4-6-12)17-18(29)14-8-7-13(28)10-16(14)33-19(17)20(30)27-15(21(31)32)2-1-9-26-22(24)25/h3-8,10,15,18,28-29H,1-2,9H2,(H,27,30)(H,31,32)(H4,24,25,26). The Morgan fingerprint density at radius 2 is 1.88 bits per heavy atom. The molecule has 8 N–H and O–H groups in total. The monoisotopic (exact) mass is 458 g/mol. The first-order valence-corrected chi connectivity index (χ1v) is 9.95. The predicted octanol–water partition coefficient (Wildman–Crippen LogP) is 0.991. The number of amides is 1. The Bertz CT molecular complexity index is 1110. The molecule has 0 saturated carbocycles. The van der Waals surface area contributed by atoms with Crippen molar-refractivity contribution in [2.45, 2.75) is 25.0 Å². The van der Waals surface area contributed by atoms with Crippen molar-refractivity contribution in [1.29, 1.82) is 0 Å². The summed E-state index contributed by atoms with van der Waals surface area (Å²) in [6, 6.07) is 7.73. The quantitative estimate of drug-likeness (QED) is 0.192. The summed E-state index contributed by atoms with van der Waals surface area (Å²) in [6.07, 6.45) is -1.05. The highest BCUT2D eigenvalue weighted by atomic mass is 19.1. The van der Waals surface area contributed by atoms with Crippen LogP contribution in [0, 0.1) is 5.82 Å². The maximum absolute atomic E-state index is 13.4. The van der Waals surface area contributed by atoms with Crippen molar-refractivity contribution in [2.24, 2.45) is 16.5 Å². The van der Waals surface area contributed by atoms with Crippen molar-refractivity contribution in [3.05, 3.63) is 65.2 Å². The number of ether oxygens (including phenoxy) is 1. The van der Waals surface area contributed by atoms with Gasteiger partial charge in [0.1, 0.15) is 29.5 Å². The number of rotatable bonds is 8. The lowest BCUT2D eigenvalue weighted by Gasteiger charge is -2.28. The number of nitrogens with two attached hydrogens (primary N) is 2. The van der Waals surface area contributed by atoms with Crippen molar-refractivity contribution in [2.75, 3.05) is 6.54 Å². The molecule has 10 nitrogen and oxygen atoms in total. The normalized spacial score (nSPS) is 15.8. The molecular weight excluding hydrogens is 435 g/mol. The van der Waals surface area contributed by atoms with Crippen LogP contribution < -0.4 is 21.5 Å². The molecule has 2 atom stereocenters. The lowest BCUT2D eigenvalue weighted by Crippen LogP contribution is -2.43. The van der Waals surface area contributed by atoms with Gasteiger partial charge in [-0.15, -0.1) is 0 Å². The molecule has 1 aliphatic heterocycles. The van der Waals surface area contributed by atoms with Crippen LogP contribution in [0.15, 0.2) is 53.2 Å². The Hall–Kier alpha value is -4.12. The number of carboxylic acid groups (broad SMARTS) is 1. The minimum Gasteiger partial charge on any atom is -0.508 e.